The van der Waals surface area contributed by atoms with Crippen LogP contribution in [0.3, 0.4) is 0 Å². The summed E-state index contributed by atoms with van der Waals surface area (Å²) in [5, 5.41) is 48.7. The first-order valence-corrected chi connectivity index (χ1v) is 16.7. The van der Waals surface area contributed by atoms with E-state index in [2.05, 4.69) is 5.32 Å². The summed E-state index contributed by atoms with van der Waals surface area (Å²) in [4.78, 5) is 82.0. The van der Waals surface area contributed by atoms with E-state index in [1.807, 2.05) is 0 Å². The molecule has 4 rings (SSSR count). The Balaban J connectivity index is 1.71. The Morgan fingerprint density at radius 2 is 1.69 bits per heavy atom. The van der Waals surface area contributed by atoms with Crippen molar-refractivity contribution >= 4 is 52.6 Å². The molecule has 0 bridgehead atoms. The monoisotopic (exact) mass is 729 g/mol. The molecule has 0 saturated heterocycles. The highest BCUT2D eigenvalue weighted by molar-refractivity contribution is 6.24. The van der Waals surface area contributed by atoms with Crippen LogP contribution >= 0.6 is 0 Å². The van der Waals surface area contributed by atoms with E-state index in [1.54, 1.807) is 46.7 Å². The largest absolute Gasteiger partial charge is 0.508 e. The molecule has 3 aliphatic rings. The summed E-state index contributed by atoms with van der Waals surface area (Å²) in [5.74, 6) is -9.31. The third kappa shape index (κ3) is 6.89. The molecule has 1 aromatic carbocycles. The fourth-order valence-electron chi connectivity index (χ4n) is 7.10. The van der Waals surface area contributed by atoms with E-state index in [9.17, 15) is 49.2 Å². The molecule has 1 saturated carbocycles. The number of Topliss-reactive ketones (excluding diaryl/α,β-unsaturated/α-hetero) is 2. The predicted molar refractivity (Wildman–Crippen MR) is 186 cm³/mol. The highest BCUT2D eigenvalue weighted by Gasteiger charge is 2.64. The number of rotatable bonds is 10. The molecule has 3 amide bonds. The fraction of sp³-hybridized carbons (Fsp3) is 0.543. The number of amides is 3. The van der Waals surface area contributed by atoms with Crippen LogP contribution in [0.4, 0.5) is 16.2 Å². The fourth-order valence-corrected chi connectivity index (χ4v) is 7.10. The zero-order chi connectivity index (χ0) is 39.2. The van der Waals surface area contributed by atoms with E-state index in [0.717, 1.165) is 4.90 Å². The first-order valence-electron chi connectivity index (χ1n) is 16.7. The summed E-state index contributed by atoms with van der Waals surface area (Å²) >= 11 is 0. The molecule has 3 aliphatic carbocycles. The van der Waals surface area contributed by atoms with Gasteiger partial charge in [-0.15, -0.1) is 0 Å². The molecule has 1 aromatic rings. The summed E-state index contributed by atoms with van der Waals surface area (Å²) in [5.41, 5.74) is 0.924. The molecular formula is C35H47N5O12. The third-order valence-electron chi connectivity index (χ3n) is 9.52. The number of benzene rings is 1. The number of nitrogens with one attached hydrogen (secondary N) is 1. The average molecular weight is 730 g/mol. The van der Waals surface area contributed by atoms with Gasteiger partial charge in [0.15, 0.2) is 11.4 Å². The van der Waals surface area contributed by atoms with Gasteiger partial charge in [-0.05, 0) is 71.7 Å². The number of nitrogens with two attached hydrogens (primary N) is 1. The number of carbonyl (C=O) groups is 6. The van der Waals surface area contributed by atoms with Crippen molar-refractivity contribution in [2.24, 2.45) is 23.0 Å². The molecule has 7 N–H and O–H groups in total. The Kier molecular flexibility index (Phi) is 11.0. The molecule has 52 heavy (non-hydrogen) atoms. The molecule has 0 unspecified atom stereocenters. The molecule has 0 spiro atoms. The van der Waals surface area contributed by atoms with Gasteiger partial charge in [0, 0.05) is 37.8 Å². The first-order chi connectivity index (χ1) is 24.1. The number of fused-ring (bicyclic) bond motifs is 3. The molecule has 17 heteroatoms. The number of aliphatic hydroxyl groups excluding tert-OH is 2. The van der Waals surface area contributed by atoms with E-state index >= 15 is 0 Å². The summed E-state index contributed by atoms with van der Waals surface area (Å²) < 4.78 is 10.0. The maximum Gasteiger partial charge on any atom is 0.413 e. The molecule has 4 atom stereocenters. The van der Waals surface area contributed by atoms with Crippen LogP contribution in [0.15, 0.2) is 23.0 Å². The third-order valence-corrected chi connectivity index (χ3v) is 9.52. The number of phenolic OH excluding ortho intramolecular Hbond substituents is 1. The number of primary amides is 1. The molecule has 1 fully saturated rings. The number of hydrogen-bond acceptors (Lipinski definition) is 14. The molecule has 284 valence electrons. The van der Waals surface area contributed by atoms with Crippen molar-refractivity contribution in [1.29, 1.82) is 0 Å². The Morgan fingerprint density at radius 3 is 2.23 bits per heavy atom. The zero-order valence-corrected chi connectivity index (χ0v) is 30.5. The maximum atomic E-state index is 14.2. The van der Waals surface area contributed by atoms with Crippen molar-refractivity contribution in [2.45, 2.75) is 58.6 Å². The van der Waals surface area contributed by atoms with E-state index < -0.39 is 101 Å². The zero-order valence-electron chi connectivity index (χ0n) is 30.5. The number of ether oxygens (including phenoxy) is 2. The second-order valence-electron chi connectivity index (χ2n) is 14.7. The van der Waals surface area contributed by atoms with Crippen molar-refractivity contribution in [3.05, 3.63) is 34.1 Å². The molecule has 0 aromatic heterocycles. The highest BCUT2D eigenvalue weighted by Crippen LogP contribution is 2.54. The van der Waals surface area contributed by atoms with E-state index in [1.165, 1.54) is 25.1 Å². The Labute approximate surface area is 300 Å². The number of ketones is 2. The van der Waals surface area contributed by atoms with Crippen molar-refractivity contribution in [3.8, 4) is 5.75 Å². The van der Waals surface area contributed by atoms with Gasteiger partial charge in [-0.1, -0.05) is 6.92 Å². The van der Waals surface area contributed by atoms with Crippen LogP contribution in [0.25, 0.3) is 5.76 Å². The predicted octanol–water partition coefficient (Wildman–Crippen LogP) is 1.36. The minimum atomic E-state index is -2.81. The van der Waals surface area contributed by atoms with Gasteiger partial charge in [0.25, 0.3) is 5.91 Å². The van der Waals surface area contributed by atoms with Gasteiger partial charge in [0.1, 0.15) is 29.4 Å². The Morgan fingerprint density at radius 1 is 1.06 bits per heavy atom. The van der Waals surface area contributed by atoms with Crippen LogP contribution in [0, 0.1) is 17.3 Å². The van der Waals surface area contributed by atoms with E-state index in [0.29, 0.717) is 17.7 Å². The number of carbonyl (C=O) groups excluding carboxylic acids is 6. The van der Waals surface area contributed by atoms with Crippen LogP contribution in [-0.2, 0) is 39.9 Å². The van der Waals surface area contributed by atoms with Crippen molar-refractivity contribution in [3.63, 3.8) is 0 Å². The summed E-state index contributed by atoms with van der Waals surface area (Å²) in [6, 6.07) is 0.236. The van der Waals surface area contributed by atoms with Crippen molar-refractivity contribution in [2.75, 3.05) is 58.3 Å². The van der Waals surface area contributed by atoms with Crippen LogP contribution < -0.4 is 16.0 Å². The van der Waals surface area contributed by atoms with Gasteiger partial charge >= 0.3 is 12.1 Å². The number of phenols is 1. The lowest BCUT2D eigenvalue weighted by Gasteiger charge is -2.50. The van der Waals surface area contributed by atoms with Crippen molar-refractivity contribution < 1.29 is 58.7 Å². The molecule has 0 aliphatic heterocycles. The standard InChI is InChI=1S/C35H47N5O12/c1-9-10-40(33(49)52-15-51-32(48)34(2,3)4)14-21(41)37-19-13-20(38(5)6)17-11-16-12-18-25(39(7)8)28(44)24(31(36)47)30(46)35(18,50)29(45)22(16)27(43)23(17)26(19)42/h13,16,18,25,42-43,46,50H,9-12,14-15H2,1-8H3,(H2,36,47)(H,37,41)/t16-,18-,25-,35-/m0/s1. The minimum Gasteiger partial charge on any atom is -0.508 e. The lowest BCUT2D eigenvalue weighted by atomic mass is 9.57. The second kappa shape index (κ2) is 14.5. The number of esters is 1. The maximum absolute atomic E-state index is 14.2. The lowest BCUT2D eigenvalue weighted by molar-refractivity contribution is -0.162. The topological polar surface area (TPSA) is 250 Å². The Hall–Kier alpha value is -5.16. The number of aromatic hydroxyl groups is 1. The second-order valence-corrected chi connectivity index (χ2v) is 14.7. The number of likely N-dealkylation sites (N-methyl/N-ethyl adjacent to an activating group) is 1. The van der Waals surface area contributed by atoms with Crippen LogP contribution in [0.2, 0.25) is 0 Å². The lowest BCUT2D eigenvalue weighted by Crippen LogP contribution is -2.65. The summed E-state index contributed by atoms with van der Waals surface area (Å²) in [6.07, 6.45) is -0.533. The number of anilines is 2. The minimum absolute atomic E-state index is 0.0414. The first kappa shape index (κ1) is 39.6. The quantitative estimate of drug-likeness (QED) is 0.0862. The van der Waals surface area contributed by atoms with E-state index in [-0.39, 0.29) is 36.2 Å². The van der Waals surface area contributed by atoms with Crippen molar-refractivity contribution in [1.82, 2.24) is 9.80 Å². The Bertz CT molecular complexity index is 1780. The van der Waals surface area contributed by atoms with Crippen LogP contribution in [-0.4, -0.2) is 125 Å². The number of aliphatic hydroxyl groups is 3. The molecular weight excluding hydrogens is 682 g/mol. The van der Waals surface area contributed by atoms with Gasteiger partial charge in [-0.25, -0.2) is 4.79 Å². The average Bonchev–Trinajstić information content (AvgIpc) is 3.02. The normalized spacial score (nSPS) is 22.7. The van der Waals surface area contributed by atoms with Gasteiger partial charge in [0.05, 0.1) is 22.7 Å². The van der Waals surface area contributed by atoms with Gasteiger partial charge < -0.3 is 45.9 Å². The van der Waals surface area contributed by atoms with Gasteiger partial charge in [0.2, 0.25) is 18.5 Å². The highest BCUT2D eigenvalue weighted by atomic mass is 16.7. The summed E-state index contributed by atoms with van der Waals surface area (Å²) in [6.45, 7) is 5.56. The number of hydrogen-bond donors (Lipinski definition) is 6. The number of nitrogens with zero attached hydrogens (tertiary/aromatic N) is 3. The molecule has 17 nitrogen and oxygen atoms in total. The van der Waals surface area contributed by atoms with Gasteiger partial charge in [-0.2, -0.15) is 0 Å². The van der Waals surface area contributed by atoms with E-state index in [4.69, 9.17) is 15.2 Å². The molecule has 0 radical (unpaired) electrons. The SMILES string of the molecule is CCCN(CC(=O)Nc1cc(N(C)C)c2c(c1O)C(O)=C1C(=O)[C@]3(O)C(O)=C(C(N)=O)C(=O)[C@@H](N(C)C)[C@@H]3C[C@@H]1C2)C(=O)OCOC(=O)C(C)(C)C. The van der Waals surface area contributed by atoms with Crippen LogP contribution in [0.5, 0.6) is 5.75 Å². The smallest absolute Gasteiger partial charge is 0.413 e. The summed E-state index contributed by atoms with van der Waals surface area (Å²) in [7, 11) is 6.39. The van der Waals surface area contributed by atoms with Gasteiger partial charge in [-0.3, -0.25) is 33.8 Å². The molecule has 0 heterocycles. The van der Waals surface area contributed by atoms with Crippen LogP contribution in [0.1, 0.15) is 51.7 Å².